The number of hydrogen-bond donors (Lipinski definition) is 1. The fraction of sp³-hybridized carbons (Fsp3) is 0.316. The monoisotopic (exact) mass is 377 g/mol. The lowest BCUT2D eigenvalue weighted by atomic mass is 10.2. The predicted octanol–water partition coefficient (Wildman–Crippen LogP) is 4.06. The minimum Gasteiger partial charge on any atom is -0.368 e. The van der Waals surface area contributed by atoms with Gasteiger partial charge >= 0.3 is 0 Å². The number of halogens is 2. The summed E-state index contributed by atoms with van der Waals surface area (Å²) in [4.78, 5) is 16.7. The van der Waals surface area contributed by atoms with Crippen LogP contribution in [-0.2, 0) is 4.79 Å². The third kappa shape index (κ3) is 4.66. The molecule has 0 atom stereocenters. The quantitative estimate of drug-likeness (QED) is 0.872. The van der Waals surface area contributed by atoms with E-state index in [0.29, 0.717) is 11.6 Å². The Morgan fingerprint density at radius 2 is 1.80 bits per heavy atom. The van der Waals surface area contributed by atoms with Crippen molar-refractivity contribution in [2.24, 2.45) is 0 Å². The van der Waals surface area contributed by atoms with Crippen LogP contribution in [0.25, 0.3) is 0 Å². The van der Waals surface area contributed by atoms with Gasteiger partial charge in [0.15, 0.2) is 0 Å². The third-order valence-corrected chi connectivity index (χ3v) is 4.96. The Morgan fingerprint density at radius 1 is 1.08 bits per heavy atom. The number of para-hydroxylation sites is 1. The van der Waals surface area contributed by atoms with Gasteiger partial charge in [-0.2, -0.15) is 0 Å². The van der Waals surface area contributed by atoms with Crippen molar-refractivity contribution in [1.82, 2.24) is 4.90 Å². The molecule has 0 bridgehead atoms. The molecule has 0 aromatic heterocycles. The number of anilines is 2. The Kier molecular flexibility index (Phi) is 5.84. The average Bonchev–Trinajstić information content (AvgIpc) is 2.59. The second-order valence-electron chi connectivity index (χ2n) is 6.22. The lowest BCUT2D eigenvalue weighted by Crippen LogP contribution is -2.48. The van der Waals surface area contributed by atoms with E-state index >= 15 is 0 Å². The van der Waals surface area contributed by atoms with Crippen molar-refractivity contribution < 1.29 is 4.79 Å². The van der Waals surface area contributed by atoms with Crippen LogP contribution < -0.4 is 10.2 Å². The summed E-state index contributed by atoms with van der Waals surface area (Å²) in [7, 11) is 0. The van der Waals surface area contributed by atoms with Crippen molar-refractivity contribution in [1.29, 1.82) is 0 Å². The number of carbonyl (C=O) groups is 1. The zero-order chi connectivity index (χ0) is 17.8. The molecule has 0 aliphatic carbocycles. The van der Waals surface area contributed by atoms with Gasteiger partial charge in [-0.05, 0) is 36.8 Å². The molecule has 6 heteroatoms. The van der Waals surface area contributed by atoms with E-state index in [1.807, 2.05) is 43.3 Å². The normalized spacial score (nSPS) is 15.2. The fourth-order valence-corrected chi connectivity index (χ4v) is 3.40. The van der Waals surface area contributed by atoms with E-state index in [0.717, 1.165) is 48.1 Å². The molecule has 1 aliphatic heterocycles. The van der Waals surface area contributed by atoms with Gasteiger partial charge < -0.3 is 10.2 Å². The van der Waals surface area contributed by atoms with E-state index < -0.39 is 0 Å². The molecule has 132 valence electrons. The highest BCUT2D eigenvalue weighted by molar-refractivity contribution is 6.33. The first kappa shape index (κ1) is 18.1. The molecule has 25 heavy (non-hydrogen) atoms. The first-order chi connectivity index (χ1) is 12.0. The lowest BCUT2D eigenvalue weighted by Gasteiger charge is -2.36. The van der Waals surface area contributed by atoms with Crippen LogP contribution >= 0.6 is 23.2 Å². The maximum absolute atomic E-state index is 12.3. The Morgan fingerprint density at radius 3 is 2.52 bits per heavy atom. The molecule has 0 spiro atoms. The molecule has 2 aromatic rings. The number of carbonyl (C=O) groups excluding carboxylic acids is 1. The standard InChI is InChI=1S/C19H21Cl2N3O/c1-14-6-7-15(20)12-17(14)22-19(25)13-23-8-10-24(11-9-23)18-5-3-2-4-16(18)21/h2-7,12H,8-11,13H2,1H3,(H,22,25). The van der Waals surface area contributed by atoms with Crippen molar-refractivity contribution in [3.05, 3.63) is 58.1 Å². The third-order valence-electron chi connectivity index (χ3n) is 4.41. The van der Waals surface area contributed by atoms with E-state index in [1.165, 1.54) is 0 Å². The molecule has 3 rings (SSSR count). The number of rotatable bonds is 4. The molecule has 1 fully saturated rings. The molecule has 0 saturated carbocycles. The Hall–Kier alpha value is -1.75. The van der Waals surface area contributed by atoms with Crippen LogP contribution in [0.3, 0.4) is 0 Å². The summed E-state index contributed by atoms with van der Waals surface area (Å²) in [5.74, 6) is -0.0171. The second-order valence-corrected chi connectivity index (χ2v) is 7.07. The van der Waals surface area contributed by atoms with Crippen LogP contribution in [-0.4, -0.2) is 43.5 Å². The molecule has 0 radical (unpaired) electrons. The van der Waals surface area contributed by atoms with Crippen molar-refractivity contribution in [3.63, 3.8) is 0 Å². The van der Waals surface area contributed by atoms with Gasteiger partial charge in [-0.25, -0.2) is 0 Å². The molecule has 2 aromatic carbocycles. The maximum atomic E-state index is 12.3. The lowest BCUT2D eigenvalue weighted by molar-refractivity contribution is -0.117. The SMILES string of the molecule is Cc1ccc(Cl)cc1NC(=O)CN1CCN(c2ccccc2Cl)CC1. The van der Waals surface area contributed by atoms with Crippen LogP contribution in [0.4, 0.5) is 11.4 Å². The summed E-state index contributed by atoms with van der Waals surface area (Å²) in [5.41, 5.74) is 2.83. The first-order valence-electron chi connectivity index (χ1n) is 8.31. The molecule has 1 aliphatic rings. The van der Waals surface area contributed by atoms with E-state index in [4.69, 9.17) is 23.2 Å². The van der Waals surface area contributed by atoms with Crippen molar-refractivity contribution in [2.75, 3.05) is 42.9 Å². The smallest absolute Gasteiger partial charge is 0.238 e. The van der Waals surface area contributed by atoms with Gasteiger partial charge in [0.2, 0.25) is 5.91 Å². The van der Waals surface area contributed by atoms with Gasteiger partial charge in [0, 0.05) is 36.9 Å². The first-order valence-corrected chi connectivity index (χ1v) is 9.06. The minimum atomic E-state index is -0.0171. The minimum absolute atomic E-state index is 0.0171. The number of hydrogen-bond acceptors (Lipinski definition) is 3. The Labute approximate surface area is 158 Å². The van der Waals surface area contributed by atoms with Crippen LogP contribution in [0.15, 0.2) is 42.5 Å². The molecule has 1 heterocycles. The number of aryl methyl sites for hydroxylation is 1. The highest BCUT2D eigenvalue weighted by Gasteiger charge is 2.20. The Bertz CT molecular complexity index is 758. The number of amides is 1. The zero-order valence-corrected chi connectivity index (χ0v) is 15.6. The summed E-state index contributed by atoms with van der Waals surface area (Å²) < 4.78 is 0. The maximum Gasteiger partial charge on any atom is 0.238 e. The summed E-state index contributed by atoms with van der Waals surface area (Å²) >= 11 is 12.3. The summed E-state index contributed by atoms with van der Waals surface area (Å²) in [6, 6.07) is 13.4. The van der Waals surface area contributed by atoms with Crippen molar-refractivity contribution in [3.8, 4) is 0 Å². The Balaban J connectivity index is 1.53. The van der Waals surface area contributed by atoms with E-state index in [9.17, 15) is 4.79 Å². The summed E-state index contributed by atoms with van der Waals surface area (Å²) in [6.45, 7) is 5.69. The molecule has 1 N–H and O–H groups in total. The van der Waals surface area contributed by atoms with Crippen LogP contribution in [0.5, 0.6) is 0 Å². The van der Waals surface area contributed by atoms with E-state index in [-0.39, 0.29) is 5.91 Å². The number of nitrogens with zero attached hydrogens (tertiary/aromatic N) is 2. The van der Waals surface area contributed by atoms with Crippen molar-refractivity contribution >= 4 is 40.5 Å². The van der Waals surface area contributed by atoms with Gasteiger partial charge in [-0.1, -0.05) is 41.4 Å². The van der Waals surface area contributed by atoms with Crippen molar-refractivity contribution in [2.45, 2.75) is 6.92 Å². The molecule has 0 unspecified atom stereocenters. The number of benzene rings is 2. The van der Waals surface area contributed by atoms with Gasteiger partial charge in [0.1, 0.15) is 0 Å². The zero-order valence-electron chi connectivity index (χ0n) is 14.1. The molecular formula is C19H21Cl2N3O. The van der Waals surface area contributed by atoms with Crippen LogP contribution in [0.2, 0.25) is 10.0 Å². The second kappa shape index (κ2) is 8.09. The predicted molar refractivity (Wildman–Crippen MR) is 105 cm³/mol. The van der Waals surface area contributed by atoms with Crippen LogP contribution in [0.1, 0.15) is 5.56 Å². The van der Waals surface area contributed by atoms with Gasteiger partial charge in [-0.15, -0.1) is 0 Å². The summed E-state index contributed by atoms with van der Waals surface area (Å²) in [6.07, 6.45) is 0. The topological polar surface area (TPSA) is 35.6 Å². The number of piperazine rings is 1. The summed E-state index contributed by atoms with van der Waals surface area (Å²) in [5, 5.41) is 4.34. The van der Waals surface area contributed by atoms with Gasteiger partial charge in [-0.3, -0.25) is 9.69 Å². The average molecular weight is 378 g/mol. The molecular weight excluding hydrogens is 357 g/mol. The molecule has 4 nitrogen and oxygen atoms in total. The van der Waals surface area contributed by atoms with Crippen LogP contribution in [0, 0.1) is 6.92 Å². The van der Waals surface area contributed by atoms with E-state index in [2.05, 4.69) is 15.1 Å². The molecule has 1 amide bonds. The number of nitrogens with one attached hydrogen (secondary N) is 1. The largest absolute Gasteiger partial charge is 0.368 e. The highest BCUT2D eigenvalue weighted by Crippen LogP contribution is 2.26. The highest BCUT2D eigenvalue weighted by atomic mass is 35.5. The molecule has 1 saturated heterocycles. The van der Waals surface area contributed by atoms with Gasteiger partial charge in [0.05, 0.1) is 17.3 Å². The fourth-order valence-electron chi connectivity index (χ4n) is 2.98. The van der Waals surface area contributed by atoms with E-state index in [1.54, 1.807) is 6.07 Å². The van der Waals surface area contributed by atoms with Gasteiger partial charge in [0.25, 0.3) is 0 Å².